The molecule has 3 heterocycles. The van der Waals surface area contributed by atoms with E-state index in [9.17, 15) is 0 Å². The van der Waals surface area contributed by atoms with Gasteiger partial charge in [0.1, 0.15) is 11.6 Å². The van der Waals surface area contributed by atoms with Crippen LogP contribution >= 0.6 is 0 Å². The molecule has 1 aliphatic rings. The molecule has 0 bridgehead atoms. The molecule has 0 spiro atoms. The number of hydrogen-bond acceptors (Lipinski definition) is 3. The van der Waals surface area contributed by atoms with E-state index >= 15 is 0 Å². The Morgan fingerprint density at radius 2 is 2.12 bits per heavy atom. The molecule has 4 heteroatoms. The Balaban J connectivity index is 0.00000182. The van der Waals surface area contributed by atoms with Crippen LogP contribution in [0, 0.1) is 0 Å². The molecule has 3 aromatic rings. The van der Waals surface area contributed by atoms with Crippen molar-refractivity contribution in [3.05, 3.63) is 53.2 Å². The van der Waals surface area contributed by atoms with Crippen LogP contribution in [0.1, 0.15) is 37.6 Å². The summed E-state index contributed by atoms with van der Waals surface area (Å²) in [5.41, 5.74) is 5.10. The molecular formula is C21H28N4. The maximum Gasteiger partial charge on any atom is 0.129 e. The van der Waals surface area contributed by atoms with Crippen molar-refractivity contribution in [1.29, 1.82) is 0 Å². The lowest BCUT2D eigenvalue weighted by Crippen LogP contribution is -2.15. The van der Waals surface area contributed by atoms with Crippen molar-refractivity contribution in [3.63, 3.8) is 0 Å². The lowest BCUT2D eigenvalue weighted by atomic mass is 10.1. The van der Waals surface area contributed by atoms with Crippen LogP contribution in [0.2, 0.25) is 0 Å². The van der Waals surface area contributed by atoms with Gasteiger partial charge in [0.2, 0.25) is 0 Å². The second kappa shape index (κ2) is 7.60. The summed E-state index contributed by atoms with van der Waals surface area (Å²) in [4.78, 5) is 8.26. The molecule has 0 atom stereocenters. The number of aromatic nitrogens is 2. The van der Waals surface area contributed by atoms with Gasteiger partial charge >= 0.3 is 0 Å². The van der Waals surface area contributed by atoms with Crippen LogP contribution < -0.4 is 10.6 Å². The van der Waals surface area contributed by atoms with E-state index in [-0.39, 0.29) is 7.43 Å². The third kappa shape index (κ3) is 3.63. The fourth-order valence-corrected chi connectivity index (χ4v) is 3.44. The van der Waals surface area contributed by atoms with Crippen LogP contribution in [0.5, 0.6) is 0 Å². The second-order valence-electron chi connectivity index (χ2n) is 6.44. The van der Waals surface area contributed by atoms with Crippen LogP contribution in [0.15, 0.2) is 36.4 Å². The highest BCUT2D eigenvalue weighted by Gasteiger charge is 2.10. The standard InChI is InChI=1S/C20H24N4.CH4/c1-2-14-5-3-6-16-13-18(24-19(14)16)21-12-10-17-9-8-15-7-4-11-22-20(15)23-17;/h3,5-6,8-9,13,21,24H,2,4,7,10-12H2,1H3,(H,22,23);1H4. The number of benzene rings is 1. The summed E-state index contributed by atoms with van der Waals surface area (Å²) < 4.78 is 0. The minimum atomic E-state index is 0. The van der Waals surface area contributed by atoms with E-state index in [1.165, 1.54) is 28.5 Å². The normalized spacial score (nSPS) is 13.0. The SMILES string of the molecule is C.CCc1cccc2cc(NCCc3ccc4c(n3)NCCC4)[nH]c12. The summed E-state index contributed by atoms with van der Waals surface area (Å²) >= 11 is 0. The molecule has 0 aliphatic carbocycles. The molecule has 1 aliphatic heterocycles. The molecule has 0 amide bonds. The van der Waals surface area contributed by atoms with Crippen LogP contribution in [0.25, 0.3) is 10.9 Å². The molecule has 132 valence electrons. The Morgan fingerprint density at radius 1 is 1.20 bits per heavy atom. The van der Waals surface area contributed by atoms with Gasteiger partial charge in [-0.15, -0.1) is 0 Å². The second-order valence-corrected chi connectivity index (χ2v) is 6.44. The van der Waals surface area contributed by atoms with Gasteiger partial charge in [-0.1, -0.05) is 38.6 Å². The third-order valence-electron chi connectivity index (χ3n) is 4.77. The molecule has 0 unspecified atom stereocenters. The average molecular weight is 336 g/mol. The summed E-state index contributed by atoms with van der Waals surface area (Å²) in [6.07, 6.45) is 4.31. The zero-order chi connectivity index (χ0) is 16.4. The zero-order valence-electron chi connectivity index (χ0n) is 14.2. The lowest BCUT2D eigenvalue weighted by molar-refractivity contribution is 0.809. The lowest BCUT2D eigenvalue weighted by Gasteiger charge is -2.17. The first-order chi connectivity index (χ1) is 11.8. The number of rotatable bonds is 5. The highest BCUT2D eigenvalue weighted by atomic mass is 15.0. The van der Waals surface area contributed by atoms with Crippen molar-refractivity contribution in [2.45, 2.75) is 40.0 Å². The predicted molar refractivity (Wildman–Crippen MR) is 108 cm³/mol. The van der Waals surface area contributed by atoms with Crippen molar-refractivity contribution in [2.24, 2.45) is 0 Å². The molecule has 1 aromatic carbocycles. The molecule has 3 N–H and O–H groups in total. The summed E-state index contributed by atoms with van der Waals surface area (Å²) in [5.74, 6) is 2.17. The summed E-state index contributed by atoms with van der Waals surface area (Å²) in [7, 11) is 0. The number of para-hydroxylation sites is 1. The summed E-state index contributed by atoms with van der Waals surface area (Å²) in [6, 6.07) is 13.0. The van der Waals surface area contributed by atoms with Crippen molar-refractivity contribution < 1.29 is 0 Å². The number of anilines is 2. The van der Waals surface area contributed by atoms with Crippen molar-refractivity contribution in [3.8, 4) is 0 Å². The molecule has 0 saturated carbocycles. The van der Waals surface area contributed by atoms with E-state index in [2.05, 4.69) is 58.9 Å². The molecule has 4 nitrogen and oxygen atoms in total. The van der Waals surface area contributed by atoms with Gasteiger partial charge < -0.3 is 15.6 Å². The number of aryl methyl sites for hydroxylation is 2. The number of nitrogens with zero attached hydrogens (tertiary/aromatic N) is 1. The van der Waals surface area contributed by atoms with Crippen LogP contribution in [0.4, 0.5) is 11.6 Å². The van der Waals surface area contributed by atoms with Crippen molar-refractivity contribution in [2.75, 3.05) is 23.7 Å². The zero-order valence-corrected chi connectivity index (χ0v) is 14.2. The van der Waals surface area contributed by atoms with Crippen molar-refractivity contribution in [1.82, 2.24) is 9.97 Å². The highest BCUT2D eigenvalue weighted by molar-refractivity contribution is 5.86. The third-order valence-corrected chi connectivity index (χ3v) is 4.77. The summed E-state index contributed by atoms with van der Waals surface area (Å²) in [5, 5.41) is 8.17. The number of nitrogens with one attached hydrogen (secondary N) is 3. The highest BCUT2D eigenvalue weighted by Crippen LogP contribution is 2.23. The van der Waals surface area contributed by atoms with E-state index in [1.807, 2.05) is 0 Å². The van der Waals surface area contributed by atoms with Gasteiger partial charge in [-0.25, -0.2) is 4.98 Å². The molecule has 0 saturated heterocycles. The van der Waals surface area contributed by atoms with E-state index in [0.29, 0.717) is 0 Å². The van der Waals surface area contributed by atoms with Gasteiger partial charge in [-0.05, 0) is 42.5 Å². The van der Waals surface area contributed by atoms with Gasteiger partial charge in [0, 0.05) is 30.6 Å². The number of aromatic amines is 1. The fraction of sp³-hybridized carbons (Fsp3) is 0.381. The van der Waals surface area contributed by atoms with Crippen LogP contribution in [-0.2, 0) is 19.3 Å². The first-order valence-electron chi connectivity index (χ1n) is 8.90. The van der Waals surface area contributed by atoms with E-state index < -0.39 is 0 Å². The maximum atomic E-state index is 4.75. The molecule has 0 radical (unpaired) electrons. The number of hydrogen-bond donors (Lipinski definition) is 3. The van der Waals surface area contributed by atoms with E-state index in [0.717, 1.165) is 49.7 Å². The monoisotopic (exact) mass is 336 g/mol. The smallest absolute Gasteiger partial charge is 0.129 e. The van der Waals surface area contributed by atoms with Crippen molar-refractivity contribution >= 4 is 22.5 Å². The predicted octanol–water partition coefficient (Wildman–Crippen LogP) is 4.77. The van der Waals surface area contributed by atoms with E-state index in [1.54, 1.807) is 0 Å². The summed E-state index contributed by atoms with van der Waals surface area (Å²) in [6.45, 7) is 4.11. The molecule has 0 fully saturated rings. The Morgan fingerprint density at radius 3 is 3.00 bits per heavy atom. The number of fused-ring (bicyclic) bond motifs is 2. The topological polar surface area (TPSA) is 52.7 Å². The molecule has 25 heavy (non-hydrogen) atoms. The molecule has 2 aromatic heterocycles. The first kappa shape index (κ1) is 17.3. The fourth-order valence-electron chi connectivity index (χ4n) is 3.44. The van der Waals surface area contributed by atoms with Gasteiger partial charge in [0.25, 0.3) is 0 Å². The Kier molecular flexibility index (Phi) is 5.27. The number of pyridine rings is 1. The van der Waals surface area contributed by atoms with Gasteiger partial charge in [0.05, 0.1) is 5.52 Å². The van der Waals surface area contributed by atoms with Gasteiger partial charge in [-0.2, -0.15) is 0 Å². The Hall–Kier alpha value is -2.49. The Bertz CT molecular complexity index is 850. The average Bonchev–Trinajstić information content (AvgIpc) is 3.04. The minimum absolute atomic E-state index is 0. The van der Waals surface area contributed by atoms with Gasteiger partial charge in [0.15, 0.2) is 0 Å². The molecular weight excluding hydrogens is 308 g/mol. The largest absolute Gasteiger partial charge is 0.371 e. The maximum absolute atomic E-state index is 4.75. The van der Waals surface area contributed by atoms with E-state index in [4.69, 9.17) is 4.98 Å². The van der Waals surface area contributed by atoms with Gasteiger partial charge in [-0.3, -0.25) is 0 Å². The first-order valence-corrected chi connectivity index (χ1v) is 8.90. The minimum Gasteiger partial charge on any atom is -0.371 e. The van der Waals surface area contributed by atoms with Crippen LogP contribution in [0.3, 0.4) is 0 Å². The Labute approximate surface area is 150 Å². The van der Waals surface area contributed by atoms with Crippen LogP contribution in [-0.4, -0.2) is 23.1 Å². The number of H-pyrrole nitrogens is 1. The quantitative estimate of drug-likeness (QED) is 0.629. The molecule has 4 rings (SSSR count).